The third-order valence-electron chi connectivity index (χ3n) is 3.82. The molecule has 1 rings (SSSR count). The minimum atomic E-state index is -0.369. The van der Waals surface area contributed by atoms with Crippen LogP contribution in [-0.2, 0) is 11.2 Å². The number of carbonyl (C=O) groups is 1. The highest BCUT2D eigenvalue weighted by Gasteiger charge is 2.15. The fraction of sp³-hybridized carbons (Fsp3) is 0.556. The number of unbranched alkanes of at least 4 members (excludes halogenated alkanes) is 3. The molecule has 0 aliphatic rings. The van der Waals surface area contributed by atoms with Crippen LogP contribution in [-0.4, -0.2) is 43.1 Å². The first-order valence-electron chi connectivity index (χ1n) is 9.03. The fourth-order valence-corrected chi connectivity index (χ4v) is 3.90. The lowest BCUT2D eigenvalue weighted by molar-refractivity contribution is -0.115. The highest BCUT2D eigenvalue weighted by atomic mass is 79.9. The molecule has 10 heteroatoms. The molecule has 1 aromatic carbocycles. The molecule has 7 nitrogen and oxygen atoms in total. The second-order valence-electron chi connectivity index (χ2n) is 6.06. The largest absolute Gasteiger partial charge is 0.491 e. The van der Waals surface area contributed by atoms with E-state index in [1.54, 1.807) is 0 Å². The minimum absolute atomic E-state index is 0. The summed E-state index contributed by atoms with van der Waals surface area (Å²) in [7, 11) is 0. The number of halogens is 3. The normalized spacial score (nSPS) is 11.1. The molecular formula is C18H29Br2ClN4O3. The van der Waals surface area contributed by atoms with Crippen molar-refractivity contribution in [2.75, 3.05) is 26.2 Å². The number of nitrogens with two attached hydrogens (primary N) is 2. The van der Waals surface area contributed by atoms with Crippen molar-refractivity contribution in [3.05, 3.63) is 26.6 Å². The van der Waals surface area contributed by atoms with Crippen molar-refractivity contribution in [2.45, 2.75) is 38.5 Å². The minimum Gasteiger partial charge on any atom is -0.491 e. The molecule has 0 fully saturated rings. The predicted octanol–water partition coefficient (Wildman–Crippen LogP) is 3.37. The van der Waals surface area contributed by atoms with Crippen LogP contribution < -0.4 is 21.5 Å². The van der Waals surface area contributed by atoms with Gasteiger partial charge in [-0.2, -0.15) is 0 Å². The Kier molecular flexibility index (Phi) is 15.5. The van der Waals surface area contributed by atoms with Crippen LogP contribution in [0.2, 0.25) is 0 Å². The summed E-state index contributed by atoms with van der Waals surface area (Å²) in [4.78, 5) is 12.2. The van der Waals surface area contributed by atoms with Gasteiger partial charge in [0.15, 0.2) is 0 Å². The van der Waals surface area contributed by atoms with Crippen molar-refractivity contribution in [2.24, 2.45) is 16.6 Å². The zero-order chi connectivity index (χ0) is 20.1. The Balaban J connectivity index is 0.00000729. The first-order chi connectivity index (χ1) is 13.0. The van der Waals surface area contributed by atoms with Gasteiger partial charge in [-0.15, -0.1) is 12.4 Å². The van der Waals surface area contributed by atoms with E-state index in [-0.39, 0.29) is 30.4 Å². The third kappa shape index (κ3) is 10.1. The Morgan fingerprint density at radius 1 is 1.07 bits per heavy atom. The lowest BCUT2D eigenvalue weighted by Gasteiger charge is -2.12. The van der Waals surface area contributed by atoms with Gasteiger partial charge in [0.2, 0.25) is 0 Å². The summed E-state index contributed by atoms with van der Waals surface area (Å²) in [6.07, 6.45) is 4.89. The van der Waals surface area contributed by atoms with Gasteiger partial charge >= 0.3 is 0 Å². The summed E-state index contributed by atoms with van der Waals surface area (Å²) in [6, 6.07) is 3.68. The first-order valence-corrected chi connectivity index (χ1v) is 10.6. The molecule has 0 saturated heterocycles. The molecule has 0 radical (unpaired) electrons. The van der Waals surface area contributed by atoms with Gasteiger partial charge in [-0.3, -0.25) is 4.79 Å². The lowest BCUT2D eigenvalue weighted by Crippen LogP contribution is -2.33. The van der Waals surface area contributed by atoms with Gasteiger partial charge in [-0.05, 0) is 81.9 Å². The number of carbonyl (C=O) groups excluding carboxylic acids is 1. The van der Waals surface area contributed by atoms with Gasteiger partial charge in [-0.1, -0.05) is 18.0 Å². The molecular weight excluding hydrogens is 515 g/mol. The van der Waals surface area contributed by atoms with Crippen molar-refractivity contribution < 1.29 is 14.7 Å². The maximum Gasteiger partial charge on any atom is 0.269 e. The molecule has 160 valence electrons. The van der Waals surface area contributed by atoms with E-state index in [0.717, 1.165) is 46.6 Å². The Hall–Kier alpha value is -0.870. The summed E-state index contributed by atoms with van der Waals surface area (Å²) in [5.41, 5.74) is 11.8. The molecule has 28 heavy (non-hydrogen) atoms. The molecule has 0 spiro atoms. The number of oxime groups is 1. The number of nitrogens with one attached hydrogen (secondary N) is 1. The van der Waals surface area contributed by atoms with Gasteiger partial charge in [-0.25, -0.2) is 0 Å². The smallest absolute Gasteiger partial charge is 0.269 e. The van der Waals surface area contributed by atoms with Crippen LogP contribution in [0.3, 0.4) is 0 Å². The number of hydrogen-bond donors (Lipinski definition) is 4. The molecule has 0 bridgehead atoms. The molecule has 0 aromatic heterocycles. The second kappa shape index (κ2) is 16.0. The highest BCUT2D eigenvalue weighted by molar-refractivity contribution is 9.11. The number of hydrogen-bond acceptors (Lipinski definition) is 6. The average Bonchev–Trinajstić information content (AvgIpc) is 2.64. The zero-order valence-electron chi connectivity index (χ0n) is 15.8. The fourth-order valence-electron chi connectivity index (χ4n) is 2.39. The van der Waals surface area contributed by atoms with Gasteiger partial charge in [0.05, 0.1) is 15.6 Å². The van der Waals surface area contributed by atoms with E-state index in [1.165, 1.54) is 0 Å². The third-order valence-corrected chi connectivity index (χ3v) is 5.00. The Morgan fingerprint density at radius 3 is 2.25 bits per heavy atom. The lowest BCUT2D eigenvalue weighted by atomic mass is 10.1. The quantitative estimate of drug-likeness (QED) is 0.131. The zero-order valence-corrected chi connectivity index (χ0v) is 19.7. The molecule has 0 atom stereocenters. The van der Waals surface area contributed by atoms with Gasteiger partial charge in [0.25, 0.3) is 5.91 Å². The number of ether oxygens (including phenoxy) is 1. The monoisotopic (exact) mass is 542 g/mol. The molecule has 6 N–H and O–H groups in total. The maximum absolute atomic E-state index is 12.2. The van der Waals surface area contributed by atoms with Crippen LogP contribution in [0.4, 0.5) is 0 Å². The van der Waals surface area contributed by atoms with Crippen molar-refractivity contribution in [3.63, 3.8) is 0 Å². The van der Waals surface area contributed by atoms with E-state index in [9.17, 15) is 10.0 Å². The summed E-state index contributed by atoms with van der Waals surface area (Å²) in [5, 5.41) is 15.2. The number of amides is 1. The van der Waals surface area contributed by atoms with Gasteiger partial charge < -0.3 is 26.7 Å². The van der Waals surface area contributed by atoms with Crippen LogP contribution in [0, 0.1) is 0 Å². The summed E-state index contributed by atoms with van der Waals surface area (Å²) in [6.45, 7) is 2.31. The Bertz CT molecular complexity index is 610. The SMILES string of the molecule is Cl.NCCCCCCNC(=O)/C(Cc1cc(Br)c(OCCCN)c(Br)c1)=N/O. The molecule has 1 aromatic rings. The highest BCUT2D eigenvalue weighted by Crippen LogP contribution is 2.35. The van der Waals surface area contributed by atoms with Crippen LogP contribution in [0.25, 0.3) is 0 Å². The van der Waals surface area contributed by atoms with Crippen molar-refractivity contribution in [3.8, 4) is 5.75 Å². The van der Waals surface area contributed by atoms with E-state index in [4.69, 9.17) is 16.2 Å². The molecule has 1 amide bonds. The van der Waals surface area contributed by atoms with E-state index in [1.807, 2.05) is 12.1 Å². The predicted molar refractivity (Wildman–Crippen MR) is 122 cm³/mol. The van der Waals surface area contributed by atoms with Crippen molar-refractivity contribution >= 4 is 55.9 Å². The van der Waals surface area contributed by atoms with E-state index >= 15 is 0 Å². The van der Waals surface area contributed by atoms with Crippen LogP contribution >= 0.6 is 44.3 Å². The van der Waals surface area contributed by atoms with E-state index in [2.05, 4.69) is 42.3 Å². The van der Waals surface area contributed by atoms with Crippen LogP contribution in [0.1, 0.15) is 37.7 Å². The molecule has 0 aliphatic carbocycles. The Labute approximate surface area is 189 Å². The molecule has 0 aliphatic heterocycles. The molecule has 0 unspecified atom stereocenters. The van der Waals surface area contributed by atoms with Gasteiger partial charge in [0.1, 0.15) is 11.5 Å². The van der Waals surface area contributed by atoms with Crippen LogP contribution in [0.15, 0.2) is 26.2 Å². The second-order valence-corrected chi connectivity index (χ2v) is 7.77. The molecule has 0 saturated carbocycles. The number of rotatable bonds is 13. The number of nitrogens with zero attached hydrogens (tertiary/aromatic N) is 1. The van der Waals surface area contributed by atoms with Gasteiger partial charge in [0, 0.05) is 13.0 Å². The first kappa shape index (κ1) is 27.1. The van der Waals surface area contributed by atoms with Crippen molar-refractivity contribution in [1.29, 1.82) is 0 Å². The molecule has 0 heterocycles. The van der Waals surface area contributed by atoms with E-state index < -0.39 is 0 Å². The average molecular weight is 545 g/mol. The van der Waals surface area contributed by atoms with E-state index in [0.29, 0.717) is 32.0 Å². The Morgan fingerprint density at radius 2 is 1.68 bits per heavy atom. The number of benzene rings is 1. The summed E-state index contributed by atoms with van der Waals surface area (Å²) >= 11 is 6.95. The standard InChI is InChI=1S/C18H28Br2N4O3.ClH/c19-14-10-13(11-15(20)17(14)27-9-5-7-22)12-16(24-26)18(25)23-8-4-2-1-3-6-21;/h10-11,26H,1-9,12,21-22H2,(H,23,25);1H/b24-16+;. The summed E-state index contributed by atoms with van der Waals surface area (Å²) < 4.78 is 7.20. The van der Waals surface area contributed by atoms with Crippen molar-refractivity contribution in [1.82, 2.24) is 5.32 Å². The summed E-state index contributed by atoms with van der Waals surface area (Å²) in [5.74, 6) is 0.309. The topological polar surface area (TPSA) is 123 Å². The van der Waals surface area contributed by atoms with Crippen LogP contribution in [0.5, 0.6) is 5.75 Å². The maximum atomic E-state index is 12.2.